The average molecular weight is 379 g/mol. The molecule has 2 fully saturated rings. The number of aliphatic imine (C=N–C) groups is 1. The molecule has 2 aliphatic carbocycles. The molecule has 2 saturated carbocycles. The summed E-state index contributed by atoms with van der Waals surface area (Å²) in [6.45, 7) is 5.53. The quantitative estimate of drug-likeness (QED) is 0.435. The summed E-state index contributed by atoms with van der Waals surface area (Å²) in [5.74, 6) is 1.45. The Bertz CT molecular complexity index is 292. The van der Waals surface area contributed by atoms with Crippen molar-refractivity contribution < 1.29 is 0 Å². The first kappa shape index (κ1) is 17.1. The lowest BCUT2D eigenvalue weighted by atomic mass is 9.94. The van der Waals surface area contributed by atoms with E-state index in [2.05, 4.69) is 24.2 Å². The Morgan fingerprint density at radius 3 is 2.42 bits per heavy atom. The van der Waals surface area contributed by atoms with Crippen molar-refractivity contribution in [1.82, 2.24) is 5.32 Å². The predicted molar refractivity (Wildman–Crippen MR) is 93.0 cm³/mol. The van der Waals surface area contributed by atoms with Crippen LogP contribution in [0.4, 0.5) is 0 Å². The number of nitrogens with two attached hydrogens (primary N) is 1. The lowest BCUT2D eigenvalue weighted by molar-refractivity contribution is 0.394. The first-order chi connectivity index (χ1) is 8.60. The summed E-state index contributed by atoms with van der Waals surface area (Å²) in [4.78, 5) is 4.59. The maximum Gasteiger partial charge on any atom is 0.188 e. The van der Waals surface area contributed by atoms with Crippen molar-refractivity contribution in [3.63, 3.8) is 0 Å². The van der Waals surface area contributed by atoms with Gasteiger partial charge in [0.2, 0.25) is 0 Å². The van der Waals surface area contributed by atoms with E-state index < -0.39 is 0 Å². The Hall–Kier alpha value is 0. The van der Waals surface area contributed by atoms with Crippen LogP contribution in [-0.2, 0) is 0 Å². The van der Waals surface area contributed by atoms with E-state index in [0.717, 1.165) is 12.5 Å². The second-order valence-electron chi connectivity index (χ2n) is 6.78. The van der Waals surface area contributed by atoms with Crippen LogP contribution in [0, 0.1) is 11.3 Å². The molecule has 19 heavy (non-hydrogen) atoms. The molecule has 0 aromatic carbocycles. The van der Waals surface area contributed by atoms with Crippen molar-refractivity contribution in [2.75, 3.05) is 6.54 Å². The molecule has 0 bridgehead atoms. The van der Waals surface area contributed by atoms with Crippen LogP contribution in [0.25, 0.3) is 0 Å². The summed E-state index contributed by atoms with van der Waals surface area (Å²) < 4.78 is 0. The van der Waals surface area contributed by atoms with E-state index in [1.165, 1.54) is 51.4 Å². The van der Waals surface area contributed by atoms with Crippen molar-refractivity contribution in [2.24, 2.45) is 22.1 Å². The zero-order valence-corrected chi connectivity index (χ0v) is 14.8. The van der Waals surface area contributed by atoms with Crippen LogP contribution in [0.5, 0.6) is 0 Å². The Labute approximate surface area is 135 Å². The largest absolute Gasteiger partial charge is 0.370 e. The second-order valence-corrected chi connectivity index (χ2v) is 6.78. The van der Waals surface area contributed by atoms with E-state index in [1.807, 2.05) is 0 Å². The fourth-order valence-corrected chi connectivity index (χ4v) is 3.22. The topological polar surface area (TPSA) is 50.4 Å². The summed E-state index contributed by atoms with van der Waals surface area (Å²) in [6.07, 6.45) is 10.5. The van der Waals surface area contributed by atoms with E-state index in [4.69, 9.17) is 5.73 Å². The summed E-state index contributed by atoms with van der Waals surface area (Å²) in [6, 6.07) is 0.572. The fourth-order valence-electron chi connectivity index (χ4n) is 3.22. The van der Waals surface area contributed by atoms with Gasteiger partial charge in [0.05, 0.1) is 0 Å². The maximum absolute atomic E-state index is 6.01. The van der Waals surface area contributed by atoms with Gasteiger partial charge in [-0.25, -0.2) is 0 Å². The molecule has 2 aliphatic rings. The van der Waals surface area contributed by atoms with Gasteiger partial charge in [0.25, 0.3) is 0 Å². The van der Waals surface area contributed by atoms with Gasteiger partial charge >= 0.3 is 0 Å². The predicted octanol–water partition coefficient (Wildman–Crippen LogP) is 3.67. The van der Waals surface area contributed by atoms with Crippen LogP contribution < -0.4 is 11.1 Å². The molecule has 0 aliphatic heterocycles. The van der Waals surface area contributed by atoms with Crippen molar-refractivity contribution in [3.05, 3.63) is 0 Å². The fraction of sp³-hybridized carbons (Fsp3) is 0.933. The standard InChI is InChI=1S/C15H29N3.HI/c1-12(2)10-15(8-9-15)11-17-14(16)18-13-6-4-3-5-7-13;/h12-13H,3-11H2,1-2H3,(H3,16,17,18);1H. The number of rotatable bonds is 5. The van der Waals surface area contributed by atoms with Gasteiger partial charge in [0.15, 0.2) is 5.96 Å². The van der Waals surface area contributed by atoms with E-state index in [9.17, 15) is 0 Å². The highest BCUT2D eigenvalue weighted by Gasteiger charge is 2.42. The Kier molecular flexibility index (Phi) is 6.91. The number of nitrogens with one attached hydrogen (secondary N) is 1. The van der Waals surface area contributed by atoms with Gasteiger partial charge in [0.1, 0.15) is 0 Å². The zero-order valence-electron chi connectivity index (χ0n) is 12.5. The number of hydrogen-bond acceptors (Lipinski definition) is 1. The molecule has 0 unspecified atom stereocenters. The van der Waals surface area contributed by atoms with Crippen LogP contribution in [-0.4, -0.2) is 18.5 Å². The molecule has 3 nitrogen and oxygen atoms in total. The first-order valence-electron chi connectivity index (χ1n) is 7.66. The minimum absolute atomic E-state index is 0. The van der Waals surface area contributed by atoms with Gasteiger partial charge in [-0.2, -0.15) is 0 Å². The smallest absolute Gasteiger partial charge is 0.188 e. The van der Waals surface area contributed by atoms with Crippen LogP contribution in [0.2, 0.25) is 0 Å². The lowest BCUT2D eigenvalue weighted by Gasteiger charge is -2.23. The number of nitrogens with zero attached hydrogens (tertiary/aromatic N) is 1. The van der Waals surface area contributed by atoms with Crippen molar-refractivity contribution in [1.29, 1.82) is 0 Å². The minimum Gasteiger partial charge on any atom is -0.370 e. The zero-order chi connectivity index (χ0) is 13.0. The molecule has 0 atom stereocenters. The van der Waals surface area contributed by atoms with Gasteiger partial charge in [-0.05, 0) is 43.4 Å². The molecule has 0 aromatic rings. The second kappa shape index (κ2) is 7.70. The van der Waals surface area contributed by atoms with Crippen molar-refractivity contribution in [3.8, 4) is 0 Å². The molecule has 0 radical (unpaired) electrons. The van der Waals surface area contributed by atoms with E-state index in [0.29, 0.717) is 17.4 Å². The molecule has 3 N–H and O–H groups in total. The molecule has 0 heterocycles. The number of halogens is 1. The first-order valence-corrected chi connectivity index (χ1v) is 7.66. The summed E-state index contributed by atoms with van der Waals surface area (Å²) >= 11 is 0. The van der Waals surface area contributed by atoms with Gasteiger partial charge in [-0.3, -0.25) is 4.99 Å². The van der Waals surface area contributed by atoms with Gasteiger partial charge in [-0.1, -0.05) is 33.1 Å². The van der Waals surface area contributed by atoms with Crippen LogP contribution in [0.15, 0.2) is 4.99 Å². The molecule has 2 rings (SSSR count). The number of hydrogen-bond donors (Lipinski definition) is 2. The lowest BCUT2D eigenvalue weighted by Crippen LogP contribution is -2.41. The van der Waals surface area contributed by atoms with Crippen molar-refractivity contribution in [2.45, 2.75) is 71.3 Å². The minimum atomic E-state index is 0. The monoisotopic (exact) mass is 379 g/mol. The average Bonchev–Trinajstić information content (AvgIpc) is 3.07. The van der Waals surface area contributed by atoms with Gasteiger partial charge in [-0.15, -0.1) is 24.0 Å². The third-order valence-electron chi connectivity index (χ3n) is 4.34. The molecule has 0 amide bonds. The molecular formula is C15H30IN3. The highest BCUT2D eigenvalue weighted by molar-refractivity contribution is 14.0. The molecule has 0 saturated heterocycles. The Morgan fingerprint density at radius 1 is 1.26 bits per heavy atom. The maximum atomic E-state index is 6.01. The van der Waals surface area contributed by atoms with Gasteiger partial charge < -0.3 is 11.1 Å². The Morgan fingerprint density at radius 2 is 1.89 bits per heavy atom. The molecule has 112 valence electrons. The van der Waals surface area contributed by atoms with Gasteiger partial charge in [0, 0.05) is 12.6 Å². The van der Waals surface area contributed by atoms with Crippen molar-refractivity contribution >= 4 is 29.9 Å². The Balaban J connectivity index is 0.00000180. The van der Waals surface area contributed by atoms with Crippen LogP contribution in [0.1, 0.15) is 65.2 Å². The van der Waals surface area contributed by atoms with E-state index in [-0.39, 0.29) is 24.0 Å². The third-order valence-corrected chi connectivity index (χ3v) is 4.34. The summed E-state index contributed by atoms with van der Waals surface area (Å²) in [5.41, 5.74) is 6.50. The van der Waals surface area contributed by atoms with E-state index >= 15 is 0 Å². The SMILES string of the molecule is CC(C)CC1(CN=C(N)NC2CCCCC2)CC1.I. The third kappa shape index (κ3) is 5.88. The van der Waals surface area contributed by atoms with Crippen LogP contribution >= 0.6 is 24.0 Å². The number of guanidine groups is 1. The normalized spacial score (nSPS) is 23.0. The molecule has 4 heteroatoms. The van der Waals surface area contributed by atoms with Crippen LogP contribution in [0.3, 0.4) is 0 Å². The molecule has 0 spiro atoms. The molecule has 0 aromatic heterocycles. The summed E-state index contributed by atoms with van der Waals surface area (Å²) in [7, 11) is 0. The summed E-state index contributed by atoms with van der Waals surface area (Å²) in [5, 5.41) is 3.40. The highest BCUT2D eigenvalue weighted by Crippen LogP contribution is 2.50. The van der Waals surface area contributed by atoms with E-state index in [1.54, 1.807) is 0 Å². The molecular weight excluding hydrogens is 349 g/mol. The highest BCUT2D eigenvalue weighted by atomic mass is 127.